The number of aldehydes is 1. The molecule has 1 aliphatic heterocycles. The van der Waals surface area contributed by atoms with Crippen molar-refractivity contribution in [2.45, 2.75) is 25.4 Å². The van der Waals surface area contributed by atoms with Crippen LogP contribution >= 0.6 is 12.2 Å². The largest absolute Gasteiger partial charge is 0.371 e. The molecule has 0 radical (unpaired) electrons. The van der Waals surface area contributed by atoms with Crippen LogP contribution in [-0.4, -0.2) is 44.2 Å². The summed E-state index contributed by atoms with van der Waals surface area (Å²) in [6.45, 7) is -0.750. The Balaban J connectivity index is 0.000000550. The second-order valence-electron chi connectivity index (χ2n) is 3.63. The van der Waals surface area contributed by atoms with Crippen molar-refractivity contribution in [3.63, 3.8) is 0 Å². The molecule has 9 heteroatoms. The third-order valence-corrected chi connectivity index (χ3v) is 2.72. The summed E-state index contributed by atoms with van der Waals surface area (Å²) in [6.07, 6.45) is 1.63. The Morgan fingerprint density at radius 3 is 2.63 bits per heavy atom. The first-order valence-electron chi connectivity index (χ1n) is 5.39. The molecule has 1 aliphatic rings. The summed E-state index contributed by atoms with van der Waals surface area (Å²) in [5.74, 6) is 0. The Morgan fingerprint density at radius 1 is 1.53 bits per heavy atom. The zero-order valence-corrected chi connectivity index (χ0v) is 10.7. The number of aliphatic hydroxyl groups excluding tert-OH is 2. The number of nitrogens with one attached hydrogen (secondary N) is 1. The number of hydrogen-bond donors (Lipinski definition) is 4. The third-order valence-electron chi connectivity index (χ3n) is 2.41. The summed E-state index contributed by atoms with van der Waals surface area (Å²) >= 11 is 4.95. The molecule has 19 heavy (non-hydrogen) atoms. The van der Waals surface area contributed by atoms with Gasteiger partial charge in [-0.1, -0.05) is 0 Å². The first-order valence-corrected chi connectivity index (χ1v) is 5.80. The molecule has 1 fully saturated rings. The van der Waals surface area contributed by atoms with E-state index in [1.165, 1.54) is 10.8 Å². The molecule has 0 aliphatic carbocycles. The van der Waals surface area contributed by atoms with Gasteiger partial charge >= 0.3 is 0 Å². The van der Waals surface area contributed by atoms with Gasteiger partial charge in [0.25, 0.3) is 5.56 Å². The minimum absolute atomic E-state index is 0.0152. The molecule has 1 aromatic rings. The molecule has 1 aromatic heterocycles. The maximum absolute atomic E-state index is 11.2. The molecule has 1 unspecified atom stereocenters. The van der Waals surface area contributed by atoms with Gasteiger partial charge in [0.15, 0.2) is 17.3 Å². The smallest absolute Gasteiger partial charge is 0.262 e. The number of rotatable bonds is 2. The summed E-state index contributed by atoms with van der Waals surface area (Å²) in [7, 11) is 0. The SMILES string of the molecule is O=Cc1cn(C2CC[C@@H](O)O2)c(=S)[nH]c1=O.OCO. The number of carbonyl (C=O) groups is 1. The Kier molecular flexibility index (Phi) is 5.99. The number of ether oxygens (including phenoxy) is 1. The van der Waals surface area contributed by atoms with Gasteiger partial charge in [0.2, 0.25) is 0 Å². The van der Waals surface area contributed by atoms with Crippen LogP contribution in [0.5, 0.6) is 0 Å². The number of nitrogens with zero attached hydrogens (tertiary/aromatic N) is 1. The van der Waals surface area contributed by atoms with Crippen LogP contribution in [0.4, 0.5) is 0 Å². The van der Waals surface area contributed by atoms with Gasteiger partial charge in [0.1, 0.15) is 13.0 Å². The molecule has 2 rings (SSSR count). The zero-order chi connectivity index (χ0) is 14.4. The first kappa shape index (κ1) is 15.7. The maximum Gasteiger partial charge on any atom is 0.262 e. The Morgan fingerprint density at radius 2 is 2.16 bits per heavy atom. The number of aliphatic hydroxyl groups is 3. The van der Waals surface area contributed by atoms with E-state index >= 15 is 0 Å². The van der Waals surface area contributed by atoms with Gasteiger partial charge in [0, 0.05) is 12.6 Å². The molecule has 0 spiro atoms. The summed E-state index contributed by atoms with van der Waals surface area (Å²) < 4.78 is 6.83. The second kappa shape index (κ2) is 7.26. The zero-order valence-electron chi connectivity index (χ0n) is 9.85. The standard InChI is InChI=1S/C9H10N2O4S.CH4O2/c12-4-5-3-11(9(16)10-8(5)14)6-1-2-7(13)15-6;2-1-3/h3-4,6-7,13H,1-2H2,(H,10,14,16);2-3H,1H2/t6?,7-;/m0./s1. The Labute approximate surface area is 112 Å². The van der Waals surface area contributed by atoms with E-state index in [1.807, 2.05) is 0 Å². The highest BCUT2D eigenvalue weighted by atomic mass is 32.1. The van der Waals surface area contributed by atoms with Gasteiger partial charge in [-0.2, -0.15) is 0 Å². The predicted octanol–water partition coefficient (Wildman–Crippen LogP) is -0.726. The average Bonchev–Trinajstić information content (AvgIpc) is 2.77. The average molecular weight is 290 g/mol. The summed E-state index contributed by atoms with van der Waals surface area (Å²) in [5, 5.41) is 23.5. The van der Waals surface area contributed by atoms with Crippen molar-refractivity contribution in [2.75, 3.05) is 6.79 Å². The van der Waals surface area contributed by atoms with Crippen molar-refractivity contribution in [1.29, 1.82) is 0 Å². The number of aromatic amines is 1. The van der Waals surface area contributed by atoms with Crippen LogP contribution in [-0.2, 0) is 4.74 Å². The van der Waals surface area contributed by atoms with Crippen molar-refractivity contribution in [2.24, 2.45) is 0 Å². The maximum atomic E-state index is 11.2. The highest BCUT2D eigenvalue weighted by molar-refractivity contribution is 7.71. The monoisotopic (exact) mass is 290 g/mol. The second-order valence-corrected chi connectivity index (χ2v) is 4.02. The third kappa shape index (κ3) is 4.04. The summed E-state index contributed by atoms with van der Waals surface area (Å²) in [5.41, 5.74) is -0.534. The number of carbonyl (C=O) groups excluding carboxylic acids is 1. The van der Waals surface area contributed by atoms with E-state index in [0.717, 1.165) is 0 Å². The van der Waals surface area contributed by atoms with E-state index in [9.17, 15) is 14.7 Å². The fourth-order valence-corrected chi connectivity index (χ4v) is 1.87. The van der Waals surface area contributed by atoms with Crippen LogP contribution in [0.2, 0.25) is 0 Å². The molecule has 1 saturated heterocycles. The van der Waals surface area contributed by atoms with Crippen LogP contribution < -0.4 is 5.56 Å². The minimum Gasteiger partial charge on any atom is -0.371 e. The normalized spacial score (nSPS) is 21.6. The number of hydrogen-bond acceptors (Lipinski definition) is 7. The van der Waals surface area contributed by atoms with E-state index in [1.54, 1.807) is 0 Å². The highest BCUT2D eigenvalue weighted by Crippen LogP contribution is 2.26. The molecule has 106 valence electrons. The topological polar surface area (TPSA) is 125 Å². The first-order chi connectivity index (χ1) is 9.03. The molecule has 2 heterocycles. The summed E-state index contributed by atoms with van der Waals surface area (Å²) in [6, 6.07) is 0. The number of aromatic nitrogens is 2. The lowest BCUT2D eigenvalue weighted by molar-refractivity contribution is -0.113. The van der Waals surface area contributed by atoms with Crippen LogP contribution in [0, 0.1) is 4.77 Å². The lowest BCUT2D eigenvalue weighted by Crippen LogP contribution is -2.20. The van der Waals surface area contributed by atoms with E-state index in [4.69, 9.17) is 27.2 Å². The van der Waals surface area contributed by atoms with Crippen molar-refractivity contribution in [3.05, 3.63) is 26.9 Å². The minimum atomic E-state index is -0.821. The lowest BCUT2D eigenvalue weighted by Gasteiger charge is -2.14. The molecular weight excluding hydrogens is 276 g/mol. The van der Waals surface area contributed by atoms with Crippen LogP contribution in [0.15, 0.2) is 11.0 Å². The molecule has 8 nitrogen and oxygen atoms in total. The Bertz CT molecular complexity index is 540. The van der Waals surface area contributed by atoms with Crippen molar-refractivity contribution < 1.29 is 24.9 Å². The van der Waals surface area contributed by atoms with Gasteiger partial charge in [-0.25, -0.2) is 0 Å². The molecular formula is C10H14N2O6S. The molecule has 4 N–H and O–H groups in total. The summed E-state index contributed by atoms with van der Waals surface area (Å²) in [4.78, 5) is 24.2. The van der Waals surface area contributed by atoms with Crippen LogP contribution in [0.1, 0.15) is 29.4 Å². The quantitative estimate of drug-likeness (QED) is 0.321. The van der Waals surface area contributed by atoms with E-state index in [2.05, 4.69) is 4.98 Å². The molecule has 0 aromatic carbocycles. The van der Waals surface area contributed by atoms with Crippen molar-refractivity contribution in [1.82, 2.24) is 9.55 Å². The van der Waals surface area contributed by atoms with Gasteiger partial charge in [-0.3, -0.25) is 19.1 Å². The van der Waals surface area contributed by atoms with Gasteiger partial charge in [0.05, 0.1) is 5.56 Å². The fourth-order valence-electron chi connectivity index (χ4n) is 1.61. The molecule has 0 saturated carbocycles. The number of H-pyrrole nitrogens is 1. The molecule has 0 amide bonds. The molecule has 0 bridgehead atoms. The van der Waals surface area contributed by atoms with E-state index < -0.39 is 24.9 Å². The fraction of sp³-hybridized carbons (Fsp3) is 0.500. The highest BCUT2D eigenvalue weighted by Gasteiger charge is 2.25. The predicted molar refractivity (Wildman–Crippen MR) is 65.9 cm³/mol. The Hall–Kier alpha value is -1.39. The van der Waals surface area contributed by atoms with Gasteiger partial charge < -0.3 is 20.1 Å². The van der Waals surface area contributed by atoms with Crippen LogP contribution in [0.25, 0.3) is 0 Å². The van der Waals surface area contributed by atoms with Crippen molar-refractivity contribution >= 4 is 18.5 Å². The molecule has 2 atom stereocenters. The van der Waals surface area contributed by atoms with Crippen LogP contribution in [0.3, 0.4) is 0 Å². The van der Waals surface area contributed by atoms with E-state index in [-0.39, 0.29) is 10.3 Å². The van der Waals surface area contributed by atoms with Crippen molar-refractivity contribution in [3.8, 4) is 0 Å². The van der Waals surface area contributed by atoms with Gasteiger partial charge in [-0.05, 0) is 18.6 Å². The van der Waals surface area contributed by atoms with Gasteiger partial charge in [-0.15, -0.1) is 0 Å². The lowest BCUT2D eigenvalue weighted by atomic mass is 10.3. The van der Waals surface area contributed by atoms with E-state index in [0.29, 0.717) is 19.1 Å².